The van der Waals surface area contributed by atoms with E-state index in [-0.39, 0.29) is 61.8 Å². The molecule has 0 saturated carbocycles. The number of nitro benzene ring substituents is 2. The monoisotopic (exact) mass is 1430 g/mol. The van der Waals surface area contributed by atoms with E-state index in [4.69, 9.17) is 19.5 Å². The normalized spacial score (nSPS) is 13.2. The molecule has 1 saturated heterocycles. The lowest BCUT2D eigenvalue weighted by Crippen LogP contribution is -2.41. The van der Waals surface area contributed by atoms with Crippen LogP contribution >= 0.6 is 54.5 Å². The summed E-state index contributed by atoms with van der Waals surface area (Å²) >= 11 is 8.99. The first-order valence-corrected chi connectivity index (χ1v) is 30.1. The molecule has 12 aromatic rings. The Bertz CT molecular complexity index is 4190. The van der Waals surface area contributed by atoms with Crippen LogP contribution in [0.2, 0.25) is 0 Å². The Labute approximate surface area is 549 Å². The van der Waals surface area contributed by atoms with Crippen molar-refractivity contribution in [3.8, 4) is 11.3 Å². The molecule has 0 unspecified atom stereocenters. The van der Waals surface area contributed by atoms with Crippen molar-refractivity contribution in [1.82, 2.24) is 39.1 Å². The number of rotatable bonds is 12. The summed E-state index contributed by atoms with van der Waals surface area (Å²) in [6, 6.07) is 67.6. The van der Waals surface area contributed by atoms with E-state index in [1.807, 2.05) is 173 Å². The van der Waals surface area contributed by atoms with Gasteiger partial charge in [-0.3, -0.25) is 29.6 Å². The molecule has 0 aliphatic carbocycles. The van der Waals surface area contributed by atoms with Crippen LogP contribution < -0.4 is 5.46 Å². The quantitative estimate of drug-likeness (QED) is 0.0376. The fraction of sp³-hybridized carbons (Fsp3) is 0.188. The Hall–Kier alpha value is -8.41. The number of hydrogen-bond donors (Lipinski definition) is 0. The van der Waals surface area contributed by atoms with Crippen molar-refractivity contribution in [2.75, 3.05) is 0 Å². The van der Waals surface area contributed by atoms with Crippen LogP contribution in [0.1, 0.15) is 83.4 Å². The Morgan fingerprint density at radius 2 is 0.820 bits per heavy atom. The topological polar surface area (TPSA) is 176 Å². The minimum atomic E-state index is -0.926. The summed E-state index contributed by atoms with van der Waals surface area (Å²) < 4.78 is 20.7. The fourth-order valence-corrected chi connectivity index (χ4v) is 12.7. The number of hydrogen-bond acceptors (Lipinski definition) is 10. The van der Waals surface area contributed by atoms with Crippen molar-refractivity contribution in [2.24, 2.45) is 14.1 Å². The zero-order chi connectivity index (χ0) is 60.5. The second-order valence-electron chi connectivity index (χ2n) is 21.7. The minimum absolute atomic E-state index is 0. The number of benzene rings is 8. The molecular weight excluding hydrogens is 1360 g/mol. The van der Waals surface area contributed by atoms with Crippen LogP contribution in [0.25, 0.3) is 33.1 Å². The molecule has 20 heteroatoms. The van der Waals surface area contributed by atoms with Crippen molar-refractivity contribution >= 4 is 100 Å². The summed E-state index contributed by atoms with van der Waals surface area (Å²) in [4.78, 5) is 23.1. The molecule has 4 aromatic heterocycles. The number of aromatic nitrogens is 8. The average molecular weight is 1430 g/mol. The van der Waals surface area contributed by atoms with Gasteiger partial charge in [0.25, 0.3) is 11.4 Å². The lowest BCUT2D eigenvalue weighted by atomic mass is 9.77. The highest BCUT2D eigenvalue weighted by atomic mass is 127. The predicted molar refractivity (Wildman–Crippen MR) is 371 cm³/mol. The Kier molecular flexibility index (Phi) is 20.3. The molecule has 0 amide bonds. The summed E-state index contributed by atoms with van der Waals surface area (Å²) in [5.41, 5.74) is 7.39. The molecule has 0 radical (unpaired) electrons. The lowest BCUT2D eigenvalue weighted by molar-refractivity contribution is -0.385. The van der Waals surface area contributed by atoms with E-state index in [1.54, 1.807) is 46.0 Å². The average Bonchev–Trinajstić information content (AvgIpc) is 1.53. The molecule has 1 fully saturated rings. The van der Waals surface area contributed by atoms with E-state index in [0.717, 1.165) is 58.9 Å². The van der Waals surface area contributed by atoms with Crippen molar-refractivity contribution in [3.63, 3.8) is 0 Å². The molecule has 16 nitrogen and oxygen atoms in total. The molecule has 13 rings (SSSR count). The van der Waals surface area contributed by atoms with Crippen LogP contribution in [0, 0.1) is 23.9 Å². The Balaban J connectivity index is 0.000000183. The van der Waals surface area contributed by atoms with Crippen molar-refractivity contribution in [2.45, 2.75) is 72.3 Å². The van der Waals surface area contributed by atoms with E-state index in [1.165, 1.54) is 0 Å². The van der Waals surface area contributed by atoms with E-state index < -0.39 is 11.1 Å². The van der Waals surface area contributed by atoms with Crippen LogP contribution in [0.4, 0.5) is 11.4 Å². The molecular formula is C69H68BBr2IN10O6. The second-order valence-corrected chi connectivity index (χ2v) is 24.4. The van der Waals surface area contributed by atoms with Gasteiger partial charge in [-0.15, -0.1) is 0 Å². The summed E-state index contributed by atoms with van der Waals surface area (Å²) in [6.45, 7) is 8.18. The predicted octanol–water partition coefficient (Wildman–Crippen LogP) is 16.7. The van der Waals surface area contributed by atoms with Gasteiger partial charge in [0.15, 0.2) is 0 Å². The first-order chi connectivity index (χ1) is 41.3. The molecule has 0 atom stereocenters. The van der Waals surface area contributed by atoms with Gasteiger partial charge in [-0.1, -0.05) is 204 Å². The van der Waals surface area contributed by atoms with Crippen LogP contribution in [0.3, 0.4) is 0 Å². The zero-order valence-corrected chi connectivity index (χ0v) is 52.9. The summed E-state index contributed by atoms with van der Waals surface area (Å²) in [7, 11) is 3.43. The number of nitro groups is 2. The molecule has 0 spiro atoms. The summed E-state index contributed by atoms with van der Waals surface area (Å²) in [6.07, 6.45) is 7.36. The van der Waals surface area contributed by atoms with E-state index in [2.05, 4.69) is 137 Å². The van der Waals surface area contributed by atoms with Crippen LogP contribution in [0.15, 0.2) is 240 Å². The van der Waals surface area contributed by atoms with Crippen molar-refractivity contribution in [1.29, 1.82) is 0 Å². The first kappa shape index (κ1) is 66.5. The van der Waals surface area contributed by atoms with Gasteiger partial charge in [-0.2, -0.15) is 20.4 Å². The molecule has 1 aliphatic heterocycles. The fourth-order valence-electron chi connectivity index (χ4n) is 11.1. The summed E-state index contributed by atoms with van der Waals surface area (Å²) in [5.74, 6) is 0. The van der Waals surface area contributed by atoms with E-state index >= 15 is 0 Å². The molecule has 8 aromatic carbocycles. The molecule has 5 heterocycles. The molecule has 454 valence electrons. The van der Waals surface area contributed by atoms with Gasteiger partial charge in [0, 0.05) is 66.6 Å². The third-order valence-corrected chi connectivity index (χ3v) is 17.9. The van der Waals surface area contributed by atoms with Gasteiger partial charge in [0.2, 0.25) is 0 Å². The second kappa shape index (κ2) is 27.1. The highest BCUT2D eigenvalue weighted by Crippen LogP contribution is 2.47. The first-order valence-electron chi connectivity index (χ1n) is 27.4. The van der Waals surface area contributed by atoms with Crippen LogP contribution in [0.5, 0.6) is 0 Å². The minimum Gasteiger partial charge on any atom is -0.399 e. The Morgan fingerprint density at radius 1 is 0.494 bits per heavy atom. The third kappa shape index (κ3) is 12.4. The van der Waals surface area contributed by atoms with Gasteiger partial charge in [-0.05, 0) is 128 Å². The van der Waals surface area contributed by atoms with Gasteiger partial charge in [0.05, 0.1) is 47.2 Å². The van der Waals surface area contributed by atoms with Gasteiger partial charge < -0.3 is 9.31 Å². The molecule has 0 bridgehead atoms. The maximum atomic E-state index is 12.0. The van der Waals surface area contributed by atoms with E-state index in [0.29, 0.717) is 25.7 Å². The SMILES string of the molecule is C.C.C.Cn1cc(-c2nn(C(c3ccccc3)(c3ccccc3)c3ccccc3)c3cc([N+](=O)[O-])c(Br)cc23)cn1.Cn1cc(B2OC(C)(C)C(C)(C)O2)cn1.O=[N+]([O-])c1cc2c(cc1Br)c(I)nn2C(c1ccccc1)(c1ccccc1)c1ccccc1. The van der Waals surface area contributed by atoms with E-state index in [9.17, 15) is 20.2 Å². The maximum Gasteiger partial charge on any atom is 0.498 e. The smallest absolute Gasteiger partial charge is 0.399 e. The van der Waals surface area contributed by atoms with Crippen molar-refractivity contribution < 1.29 is 19.2 Å². The van der Waals surface area contributed by atoms with Gasteiger partial charge >= 0.3 is 7.12 Å². The van der Waals surface area contributed by atoms with Gasteiger partial charge in [-0.25, -0.2) is 9.36 Å². The largest absolute Gasteiger partial charge is 0.498 e. The molecule has 1 aliphatic rings. The zero-order valence-electron chi connectivity index (χ0n) is 47.6. The van der Waals surface area contributed by atoms with Crippen molar-refractivity contribution in [3.05, 3.63) is 297 Å². The molecule has 89 heavy (non-hydrogen) atoms. The summed E-state index contributed by atoms with van der Waals surface area (Å²) in [5, 5.41) is 44.2. The standard InChI is InChI=1S/C30H22BrN5O2.C26H17BrIN3O2.C10H17BN2O2.3CH4/c1-34-20-21(19-32-34)29-25-17-26(31)28(36(37)38)18-27(25)35(33-29)30(22-11-5-2-6-12-22,23-13-7-3-8-14-23)24-15-9-4-10-16-24;27-22-16-21-23(17-24(22)31(32)33)30(29-25(21)28)26(18-10-4-1-5-11-18,19-12-6-2-7-13-19)20-14-8-3-9-15-20;1-9(2)10(3,4)15-11(14-9)8-6-12-13(5)7-8;;;/h2-20H,1H3;1-17H;6-7H,1-5H3;3*1H4. The maximum absolute atomic E-state index is 12.0. The highest BCUT2D eigenvalue weighted by Gasteiger charge is 2.52. The number of halogens is 3. The third-order valence-electron chi connectivity index (χ3n) is 15.9. The van der Waals surface area contributed by atoms with Crippen LogP contribution in [-0.2, 0) is 34.5 Å². The highest BCUT2D eigenvalue weighted by molar-refractivity contribution is 14.1. The van der Waals surface area contributed by atoms with Gasteiger partial charge in [0.1, 0.15) is 20.5 Å². The Morgan fingerprint density at radius 3 is 1.15 bits per heavy atom. The van der Waals surface area contributed by atoms with Crippen LogP contribution in [-0.4, -0.2) is 67.3 Å². The lowest BCUT2D eigenvalue weighted by Gasteiger charge is -2.37. The number of fused-ring (bicyclic) bond motifs is 2. The molecule has 0 N–H and O–H groups in total. The number of nitrogens with zero attached hydrogens (tertiary/aromatic N) is 10. The number of aryl methyl sites for hydroxylation is 2.